The minimum absolute atomic E-state index is 0.00641. The molecule has 0 radical (unpaired) electrons. The van der Waals surface area contributed by atoms with Gasteiger partial charge in [0.25, 0.3) is 0 Å². The van der Waals surface area contributed by atoms with Crippen molar-refractivity contribution in [2.45, 2.75) is 373 Å². The Morgan fingerprint density at radius 1 is 0.389 bits per heavy atom. The first-order valence-electron chi connectivity index (χ1n) is 32.6. The van der Waals surface area contributed by atoms with Gasteiger partial charge in [-0.15, -0.1) is 0 Å². The smallest absolute Gasteiger partial charge is 0.305 e. The fourth-order valence-corrected chi connectivity index (χ4v) is 10.3. The van der Waals surface area contributed by atoms with Crippen LogP contribution in [0.3, 0.4) is 0 Å². The molecule has 0 aliphatic heterocycles. The molecule has 0 aromatic rings. The molecule has 0 fully saturated rings. The van der Waals surface area contributed by atoms with E-state index < -0.39 is 12.1 Å². The van der Waals surface area contributed by atoms with Crippen LogP contribution in [0.4, 0.5) is 0 Å². The van der Waals surface area contributed by atoms with Crippen molar-refractivity contribution in [1.82, 2.24) is 5.32 Å². The van der Waals surface area contributed by atoms with Crippen molar-refractivity contribution >= 4 is 11.9 Å². The monoisotopic (exact) mass is 1010 g/mol. The first-order chi connectivity index (χ1) is 35.5. The predicted molar refractivity (Wildman–Crippen MR) is 315 cm³/mol. The van der Waals surface area contributed by atoms with Crippen molar-refractivity contribution in [3.63, 3.8) is 0 Å². The van der Waals surface area contributed by atoms with E-state index in [0.29, 0.717) is 25.9 Å². The van der Waals surface area contributed by atoms with Crippen LogP contribution < -0.4 is 5.32 Å². The Labute approximate surface area is 450 Å². The van der Waals surface area contributed by atoms with E-state index in [1.54, 1.807) is 0 Å². The molecule has 2 atom stereocenters. The molecule has 0 bridgehead atoms. The van der Waals surface area contributed by atoms with Gasteiger partial charge in [0.1, 0.15) is 0 Å². The lowest BCUT2D eigenvalue weighted by Gasteiger charge is -2.22. The molecule has 0 aliphatic rings. The normalized spacial score (nSPS) is 12.7. The van der Waals surface area contributed by atoms with Crippen LogP contribution in [0.5, 0.6) is 0 Å². The SMILES string of the molecule is CCC/C=C\C/C=C\CCCCCCCC(=O)OCCCCCCCCCCCCCCCCCCCCCCCCCCCCCCCCCCCC(=O)NC(CO)C(O)CCCCCCCCCCC. The highest BCUT2D eigenvalue weighted by atomic mass is 16.5. The molecular formula is C66H127NO5. The maximum absolute atomic E-state index is 12.4. The highest BCUT2D eigenvalue weighted by molar-refractivity contribution is 5.76. The van der Waals surface area contributed by atoms with Gasteiger partial charge in [-0.3, -0.25) is 9.59 Å². The zero-order chi connectivity index (χ0) is 52.2. The molecule has 3 N–H and O–H groups in total. The number of carbonyl (C=O) groups is 2. The van der Waals surface area contributed by atoms with Gasteiger partial charge in [-0.05, 0) is 51.4 Å². The van der Waals surface area contributed by atoms with Crippen LogP contribution in [-0.4, -0.2) is 47.4 Å². The number of hydrogen-bond acceptors (Lipinski definition) is 5. The number of nitrogens with one attached hydrogen (secondary N) is 1. The van der Waals surface area contributed by atoms with Gasteiger partial charge in [-0.25, -0.2) is 0 Å². The molecule has 2 unspecified atom stereocenters. The zero-order valence-corrected chi connectivity index (χ0v) is 48.7. The molecule has 0 saturated carbocycles. The Balaban J connectivity index is 3.28. The molecule has 0 aromatic heterocycles. The van der Waals surface area contributed by atoms with Gasteiger partial charge in [0, 0.05) is 12.8 Å². The number of hydrogen-bond donors (Lipinski definition) is 3. The maximum Gasteiger partial charge on any atom is 0.305 e. The van der Waals surface area contributed by atoms with Crippen molar-refractivity contribution in [1.29, 1.82) is 0 Å². The Morgan fingerprint density at radius 3 is 1.11 bits per heavy atom. The van der Waals surface area contributed by atoms with Crippen molar-refractivity contribution in [2.75, 3.05) is 13.2 Å². The Morgan fingerprint density at radius 2 is 0.722 bits per heavy atom. The van der Waals surface area contributed by atoms with Crippen molar-refractivity contribution in [3.05, 3.63) is 24.3 Å². The fourth-order valence-electron chi connectivity index (χ4n) is 10.3. The standard InChI is InChI=1S/C66H127NO5/c1-3-5-7-9-11-13-14-36-40-44-48-52-56-60-66(71)72-61-57-53-49-45-41-38-35-33-31-29-27-25-23-21-19-17-15-16-18-20-22-24-26-28-30-32-34-37-39-43-47-51-55-59-65(70)67-63(62-68)64(69)58-54-50-46-42-12-10-8-6-4-2/h7,9,13-14,63-64,68-69H,3-6,8,10-12,15-62H2,1-2H3,(H,67,70)/b9-7-,14-13-. The highest BCUT2D eigenvalue weighted by Crippen LogP contribution is 2.19. The fraction of sp³-hybridized carbons (Fsp3) is 0.909. The molecule has 0 spiro atoms. The molecule has 426 valence electrons. The van der Waals surface area contributed by atoms with E-state index >= 15 is 0 Å². The summed E-state index contributed by atoms with van der Waals surface area (Å²) in [6, 6.07) is -0.535. The third-order valence-electron chi connectivity index (χ3n) is 15.2. The van der Waals surface area contributed by atoms with Crippen LogP contribution in [0.2, 0.25) is 0 Å². The van der Waals surface area contributed by atoms with Gasteiger partial charge in [-0.1, -0.05) is 321 Å². The second kappa shape index (κ2) is 61.9. The molecule has 0 aromatic carbocycles. The van der Waals surface area contributed by atoms with Crippen LogP contribution in [0, 0.1) is 0 Å². The zero-order valence-electron chi connectivity index (χ0n) is 48.7. The topological polar surface area (TPSA) is 95.9 Å². The van der Waals surface area contributed by atoms with E-state index in [0.717, 1.165) is 51.4 Å². The number of esters is 1. The first kappa shape index (κ1) is 70.3. The van der Waals surface area contributed by atoms with Crippen molar-refractivity contribution in [2.24, 2.45) is 0 Å². The highest BCUT2D eigenvalue weighted by Gasteiger charge is 2.20. The summed E-state index contributed by atoms with van der Waals surface area (Å²) in [5.74, 6) is -0.0248. The summed E-state index contributed by atoms with van der Waals surface area (Å²) in [4.78, 5) is 24.4. The van der Waals surface area contributed by atoms with Gasteiger partial charge in [0.2, 0.25) is 5.91 Å². The van der Waals surface area contributed by atoms with E-state index in [9.17, 15) is 19.8 Å². The van der Waals surface area contributed by atoms with Crippen LogP contribution >= 0.6 is 0 Å². The molecule has 6 nitrogen and oxygen atoms in total. The molecule has 0 saturated heterocycles. The average Bonchev–Trinajstić information content (AvgIpc) is 3.38. The third-order valence-corrected chi connectivity index (χ3v) is 15.2. The minimum Gasteiger partial charge on any atom is -0.466 e. The van der Waals surface area contributed by atoms with Crippen molar-refractivity contribution in [3.8, 4) is 0 Å². The molecule has 0 aliphatic carbocycles. The molecule has 0 rings (SSSR count). The largest absolute Gasteiger partial charge is 0.466 e. The van der Waals surface area contributed by atoms with Crippen molar-refractivity contribution < 1.29 is 24.5 Å². The molecule has 6 heteroatoms. The molecule has 72 heavy (non-hydrogen) atoms. The van der Waals surface area contributed by atoms with Crippen LogP contribution in [0.25, 0.3) is 0 Å². The number of ether oxygens (including phenoxy) is 1. The second-order valence-corrected chi connectivity index (χ2v) is 22.5. The molecular weight excluding hydrogens is 887 g/mol. The van der Waals surface area contributed by atoms with E-state index in [1.807, 2.05) is 0 Å². The summed E-state index contributed by atoms with van der Waals surface area (Å²) < 4.78 is 5.47. The van der Waals surface area contributed by atoms with E-state index in [4.69, 9.17) is 4.74 Å². The quantitative estimate of drug-likeness (QED) is 0.0320. The maximum atomic E-state index is 12.4. The molecule has 1 amide bonds. The third kappa shape index (κ3) is 57.6. The number of allylic oxidation sites excluding steroid dienone is 4. The van der Waals surface area contributed by atoms with Gasteiger partial charge < -0.3 is 20.3 Å². The number of amides is 1. The Hall–Kier alpha value is -1.66. The predicted octanol–water partition coefficient (Wildman–Crippen LogP) is 20.6. The summed E-state index contributed by atoms with van der Waals surface area (Å²) >= 11 is 0. The van der Waals surface area contributed by atoms with Gasteiger partial charge in [0.05, 0.1) is 25.4 Å². The summed E-state index contributed by atoms with van der Waals surface area (Å²) in [5, 5.41) is 23.1. The summed E-state index contributed by atoms with van der Waals surface area (Å²) in [6.07, 6.45) is 76.6. The summed E-state index contributed by atoms with van der Waals surface area (Å²) in [6.45, 7) is 4.88. The summed E-state index contributed by atoms with van der Waals surface area (Å²) in [7, 11) is 0. The van der Waals surface area contributed by atoms with Crippen LogP contribution in [-0.2, 0) is 14.3 Å². The number of aliphatic hydroxyl groups excluding tert-OH is 2. The Bertz CT molecular complexity index is 1120. The number of carbonyl (C=O) groups excluding carboxylic acids is 2. The van der Waals surface area contributed by atoms with Gasteiger partial charge >= 0.3 is 5.97 Å². The van der Waals surface area contributed by atoms with Gasteiger partial charge in [0.15, 0.2) is 0 Å². The number of unbranched alkanes of at least 4 members (excludes halogenated alkanes) is 46. The molecule has 0 heterocycles. The summed E-state index contributed by atoms with van der Waals surface area (Å²) in [5.41, 5.74) is 0. The van der Waals surface area contributed by atoms with Gasteiger partial charge in [-0.2, -0.15) is 0 Å². The Kier molecular flexibility index (Phi) is 60.5. The van der Waals surface area contributed by atoms with E-state index in [-0.39, 0.29) is 18.5 Å². The lowest BCUT2D eigenvalue weighted by molar-refractivity contribution is -0.143. The lowest BCUT2D eigenvalue weighted by Crippen LogP contribution is -2.45. The lowest BCUT2D eigenvalue weighted by atomic mass is 10.0. The van der Waals surface area contributed by atoms with Crippen LogP contribution in [0.15, 0.2) is 24.3 Å². The minimum atomic E-state index is -0.658. The number of rotatable bonds is 61. The van der Waals surface area contributed by atoms with Crippen LogP contribution in [0.1, 0.15) is 361 Å². The number of aliphatic hydroxyl groups is 2. The van der Waals surface area contributed by atoms with E-state index in [2.05, 4.69) is 43.5 Å². The van der Waals surface area contributed by atoms with E-state index in [1.165, 1.54) is 276 Å². The average molecular weight is 1010 g/mol. The first-order valence-corrected chi connectivity index (χ1v) is 32.6. The second-order valence-electron chi connectivity index (χ2n) is 22.5.